The van der Waals surface area contributed by atoms with Crippen LogP contribution in [0.2, 0.25) is 0 Å². The Kier molecular flexibility index (Phi) is 3.40. The summed E-state index contributed by atoms with van der Waals surface area (Å²) in [5.41, 5.74) is 5.72. The van der Waals surface area contributed by atoms with Gasteiger partial charge in [0.25, 0.3) is 0 Å². The minimum Gasteiger partial charge on any atom is -0.508 e. The quantitative estimate of drug-likeness (QED) is 0.761. The van der Waals surface area contributed by atoms with Crippen LogP contribution in [0.1, 0.15) is 37.5 Å². The van der Waals surface area contributed by atoms with E-state index in [-0.39, 0.29) is 5.41 Å². The van der Waals surface area contributed by atoms with Crippen LogP contribution >= 0.6 is 0 Å². The summed E-state index contributed by atoms with van der Waals surface area (Å²) in [6.45, 7) is 10.6. The van der Waals surface area contributed by atoms with Gasteiger partial charge in [-0.25, -0.2) is 0 Å². The third-order valence-electron chi connectivity index (χ3n) is 3.57. The van der Waals surface area contributed by atoms with Crippen molar-refractivity contribution in [3.05, 3.63) is 53.1 Å². The van der Waals surface area contributed by atoms with Gasteiger partial charge in [-0.05, 0) is 47.6 Å². The molecule has 2 aromatic carbocycles. The van der Waals surface area contributed by atoms with Gasteiger partial charge in [0.15, 0.2) is 0 Å². The highest BCUT2D eigenvalue weighted by atomic mass is 16.3. The molecule has 0 aliphatic rings. The molecule has 1 heteroatoms. The number of aryl methyl sites for hydroxylation is 1. The monoisotopic (exact) mass is 254 g/mol. The van der Waals surface area contributed by atoms with Crippen LogP contribution in [0.3, 0.4) is 0 Å². The Labute approximate surface area is 115 Å². The average molecular weight is 254 g/mol. The molecule has 0 amide bonds. The first kappa shape index (κ1) is 13.7. The smallest absolute Gasteiger partial charge is 0.119 e. The predicted molar refractivity (Wildman–Crippen MR) is 81.7 cm³/mol. The van der Waals surface area contributed by atoms with Gasteiger partial charge in [-0.2, -0.15) is 0 Å². The van der Waals surface area contributed by atoms with Crippen molar-refractivity contribution in [3.8, 4) is 16.9 Å². The maximum atomic E-state index is 10.3. The molecule has 0 saturated heterocycles. The minimum atomic E-state index is -0.0641. The van der Waals surface area contributed by atoms with Gasteiger partial charge in [0, 0.05) is 5.56 Å². The van der Waals surface area contributed by atoms with Gasteiger partial charge < -0.3 is 5.11 Å². The SMILES string of the molecule is Cc1cc(O)c(C(C)(C)C)c(C)c1-c1ccccc1. The zero-order valence-electron chi connectivity index (χ0n) is 12.4. The summed E-state index contributed by atoms with van der Waals surface area (Å²) < 4.78 is 0. The number of rotatable bonds is 1. The van der Waals surface area contributed by atoms with Crippen molar-refractivity contribution >= 4 is 0 Å². The second-order valence-electron chi connectivity index (χ2n) is 6.20. The maximum absolute atomic E-state index is 10.3. The highest BCUT2D eigenvalue weighted by molar-refractivity contribution is 5.74. The molecule has 1 nitrogen and oxygen atoms in total. The molecule has 0 aliphatic carbocycles. The largest absolute Gasteiger partial charge is 0.508 e. The van der Waals surface area contributed by atoms with Gasteiger partial charge >= 0.3 is 0 Å². The average Bonchev–Trinajstić information content (AvgIpc) is 2.27. The van der Waals surface area contributed by atoms with Gasteiger partial charge in [-0.15, -0.1) is 0 Å². The molecule has 0 aromatic heterocycles. The van der Waals surface area contributed by atoms with Crippen molar-refractivity contribution in [3.63, 3.8) is 0 Å². The van der Waals surface area contributed by atoms with E-state index < -0.39 is 0 Å². The summed E-state index contributed by atoms with van der Waals surface area (Å²) in [7, 11) is 0. The van der Waals surface area contributed by atoms with Crippen molar-refractivity contribution in [2.24, 2.45) is 0 Å². The number of benzene rings is 2. The lowest BCUT2D eigenvalue weighted by Gasteiger charge is -2.26. The summed E-state index contributed by atoms with van der Waals surface area (Å²) in [6.07, 6.45) is 0. The molecule has 0 atom stereocenters. The summed E-state index contributed by atoms with van der Waals surface area (Å²) in [5.74, 6) is 0.405. The zero-order chi connectivity index (χ0) is 14.2. The molecule has 100 valence electrons. The van der Waals surface area contributed by atoms with Crippen LogP contribution < -0.4 is 0 Å². The lowest BCUT2D eigenvalue weighted by Crippen LogP contribution is -2.14. The molecular weight excluding hydrogens is 232 g/mol. The number of aromatic hydroxyl groups is 1. The second kappa shape index (κ2) is 4.73. The number of phenolic OH excluding ortho intramolecular Hbond substituents is 1. The summed E-state index contributed by atoms with van der Waals surface area (Å²) in [4.78, 5) is 0. The fraction of sp³-hybridized carbons (Fsp3) is 0.333. The Morgan fingerprint density at radius 1 is 0.947 bits per heavy atom. The van der Waals surface area contributed by atoms with E-state index in [2.05, 4.69) is 58.9 Å². The third-order valence-corrected chi connectivity index (χ3v) is 3.57. The molecule has 0 saturated carbocycles. The lowest BCUT2D eigenvalue weighted by atomic mass is 9.79. The van der Waals surface area contributed by atoms with Crippen molar-refractivity contribution in [1.29, 1.82) is 0 Å². The second-order valence-corrected chi connectivity index (χ2v) is 6.20. The molecule has 0 fully saturated rings. The van der Waals surface area contributed by atoms with E-state index in [1.54, 1.807) is 0 Å². The van der Waals surface area contributed by atoms with Gasteiger partial charge in [0.05, 0.1) is 0 Å². The topological polar surface area (TPSA) is 20.2 Å². The fourth-order valence-corrected chi connectivity index (χ4v) is 2.96. The summed E-state index contributed by atoms with van der Waals surface area (Å²) in [5, 5.41) is 10.3. The van der Waals surface area contributed by atoms with Gasteiger partial charge in [-0.3, -0.25) is 0 Å². The van der Waals surface area contributed by atoms with Crippen molar-refractivity contribution < 1.29 is 5.11 Å². The van der Waals surface area contributed by atoms with Crippen molar-refractivity contribution in [1.82, 2.24) is 0 Å². The summed E-state index contributed by atoms with van der Waals surface area (Å²) in [6, 6.07) is 12.3. The first-order valence-corrected chi connectivity index (χ1v) is 6.71. The van der Waals surface area contributed by atoms with Gasteiger partial charge in [-0.1, -0.05) is 51.1 Å². The zero-order valence-corrected chi connectivity index (χ0v) is 12.4. The number of phenols is 1. The summed E-state index contributed by atoms with van der Waals surface area (Å²) >= 11 is 0. The van der Waals surface area contributed by atoms with Crippen LogP contribution in [0, 0.1) is 13.8 Å². The number of hydrogen-bond donors (Lipinski definition) is 1. The van der Waals surface area contributed by atoms with Gasteiger partial charge in [0.2, 0.25) is 0 Å². The van der Waals surface area contributed by atoms with Crippen LogP contribution in [-0.2, 0) is 5.41 Å². The molecular formula is C18H22O. The molecule has 0 aliphatic heterocycles. The molecule has 0 radical (unpaired) electrons. The Balaban J connectivity index is 2.77. The van der Waals surface area contributed by atoms with Crippen molar-refractivity contribution in [2.45, 2.75) is 40.0 Å². The Morgan fingerprint density at radius 3 is 2.05 bits per heavy atom. The molecule has 0 unspecified atom stereocenters. The number of hydrogen-bond acceptors (Lipinski definition) is 1. The van der Waals surface area contributed by atoms with Crippen LogP contribution in [-0.4, -0.2) is 5.11 Å². The molecule has 2 aromatic rings. The Morgan fingerprint density at radius 2 is 1.53 bits per heavy atom. The standard InChI is InChI=1S/C18H22O/c1-12-11-15(19)17(18(3,4)5)13(2)16(12)14-9-7-6-8-10-14/h6-11,19H,1-5H3. The first-order chi connectivity index (χ1) is 8.82. The van der Waals surface area contributed by atoms with E-state index in [1.165, 1.54) is 16.7 Å². The molecule has 0 heterocycles. The highest BCUT2D eigenvalue weighted by Crippen LogP contribution is 2.40. The van der Waals surface area contributed by atoms with Crippen molar-refractivity contribution in [2.75, 3.05) is 0 Å². The Bertz CT molecular complexity index is 589. The Hall–Kier alpha value is -1.76. The molecule has 1 N–H and O–H groups in total. The lowest BCUT2D eigenvalue weighted by molar-refractivity contribution is 0.445. The van der Waals surface area contributed by atoms with Gasteiger partial charge in [0.1, 0.15) is 5.75 Å². The normalized spacial score (nSPS) is 11.6. The van der Waals surface area contributed by atoms with Crippen LogP contribution in [0.5, 0.6) is 5.75 Å². The van der Waals surface area contributed by atoms with E-state index in [4.69, 9.17) is 0 Å². The van der Waals surface area contributed by atoms with Crippen LogP contribution in [0.25, 0.3) is 11.1 Å². The molecule has 2 rings (SSSR count). The van der Waals surface area contributed by atoms with E-state index in [0.29, 0.717) is 5.75 Å². The van der Waals surface area contributed by atoms with E-state index in [0.717, 1.165) is 11.1 Å². The van der Waals surface area contributed by atoms with E-state index in [9.17, 15) is 5.11 Å². The highest BCUT2D eigenvalue weighted by Gasteiger charge is 2.23. The van der Waals surface area contributed by atoms with Crippen LogP contribution in [0.4, 0.5) is 0 Å². The van der Waals surface area contributed by atoms with E-state index >= 15 is 0 Å². The van der Waals surface area contributed by atoms with E-state index in [1.807, 2.05) is 12.1 Å². The maximum Gasteiger partial charge on any atom is 0.119 e. The third kappa shape index (κ3) is 2.51. The van der Waals surface area contributed by atoms with Crippen LogP contribution in [0.15, 0.2) is 36.4 Å². The molecule has 19 heavy (non-hydrogen) atoms. The molecule has 0 bridgehead atoms. The predicted octanol–water partition coefficient (Wildman–Crippen LogP) is 4.97. The minimum absolute atomic E-state index is 0.0641. The molecule has 0 spiro atoms. The first-order valence-electron chi connectivity index (χ1n) is 6.71. The fourth-order valence-electron chi connectivity index (χ4n) is 2.96.